The summed E-state index contributed by atoms with van der Waals surface area (Å²) in [6.07, 6.45) is 13.8. The summed E-state index contributed by atoms with van der Waals surface area (Å²) < 4.78 is 0. The van der Waals surface area contributed by atoms with Gasteiger partial charge in [0.2, 0.25) is 0 Å². The monoisotopic (exact) mass is 180 g/mol. The summed E-state index contributed by atoms with van der Waals surface area (Å²) in [6, 6.07) is 0. The molecule has 2 fully saturated rings. The Morgan fingerprint density at radius 1 is 0.769 bits per heavy atom. The van der Waals surface area contributed by atoms with Gasteiger partial charge in [-0.25, -0.2) is 0 Å². The Balaban J connectivity index is 2.03. The summed E-state index contributed by atoms with van der Waals surface area (Å²) in [7, 11) is 0. The van der Waals surface area contributed by atoms with E-state index in [1.807, 2.05) is 0 Å². The first-order valence-electron chi connectivity index (χ1n) is 6.42. The molecule has 0 N–H and O–H groups in total. The highest BCUT2D eigenvalue weighted by atomic mass is 14.4. The standard InChI is InChI=1S/C13H24/c1-2-13-11-7-4-3-5-8-12(13)10-6-9-11/h11-13H,2-10H2,1H3. The van der Waals surface area contributed by atoms with Crippen molar-refractivity contribution in [1.82, 2.24) is 0 Å². The number of rotatable bonds is 1. The molecule has 2 atom stereocenters. The van der Waals surface area contributed by atoms with Gasteiger partial charge in [-0.1, -0.05) is 64.7 Å². The number of hydrogen-bond acceptors (Lipinski definition) is 0. The first-order valence-corrected chi connectivity index (χ1v) is 6.42. The van der Waals surface area contributed by atoms with Crippen molar-refractivity contribution in [3.05, 3.63) is 0 Å². The van der Waals surface area contributed by atoms with Crippen molar-refractivity contribution in [3.63, 3.8) is 0 Å². The molecule has 0 radical (unpaired) electrons. The molecule has 13 heavy (non-hydrogen) atoms. The zero-order chi connectivity index (χ0) is 9.10. The molecule has 2 aliphatic carbocycles. The molecule has 2 bridgehead atoms. The van der Waals surface area contributed by atoms with Crippen LogP contribution in [0.1, 0.15) is 64.7 Å². The van der Waals surface area contributed by atoms with Crippen LogP contribution in [0.4, 0.5) is 0 Å². The van der Waals surface area contributed by atoms with Gasteiger partial charge in [0.15, 0.2) is 0 Å². The van der Waals surface area contributed by atoms with Gasteiger partial charge in [-0.15, -0.1) is 0 Å². The smallest absolute Gasteiger partial charge is 0.0360 e. The summed E-state index contributed by atoms with van der Waals surface area (Å²) in [4.78, 5) is 0. The van der Waals surface area contributed by atoms with Gasteiger partial charge in [-0.2, -0.15) is 0 Å². The Bertz CT molecular complexity index is 136. The highest BCUT2D eigenvalue weighted by Crippen LogP contribution is 2.43. The molecule has 0 aromatic rings. The molecular formula is C13H24. The molecule has 0 spiro atoms. The molecule has 0 saturated heterocycles. The molecule has 0 heterocycles. The van der Waals surface area contributed by atoms with E-state index in [-0.39, 0.29) is 0 Å². The van der Waals surface area contributed by atoms with Gasteiger partial charge in [0, 0.05) is 0 Å². The van der Waals surface area contributed by atoms with Gasteiger partial charge in [0.05, 0.1) is 0 Å². The van der Waals surface area contributed by atoms with Crippen LogP contribution in [0.3, 0.4) is 0 Å². The zero-order valence-corrected chi connectivity index (χ0v) is 9.10. The second-order valence-corrected chi connectivity index (χ2v) is 5.16. The summed E-state index contributed by atoms with van der Waals surface area (Å²) in [5.74, 6) is 3.34. The fourth-order valence-electron chi connectivity index (χ4n) is 3.83. The highest BCUT2D eigenvalue weighted by molar-refractivity contribution is 4.83. The van der Waals surface area contributed by atoms with E-state index in [9.17, 15) is 0 Å². The van der Waals surface area contributed by atoms with E-state index in [1.54, 1.807) is 25.7 Å². The van der Waals surface area contributed by atoms with E-state index in [2.05, 4.69) is 6.92 Å². The van der Waals surface area contributed by atoms with E-state index < -0.39 is 0 Å². The van der Waals surface area contributed by atoms with Crippen LogP contribution in [0.2, 0.25) is 0 Å². The molecular weight excluding hydrogens is 156 g/mol. The Hall–Kier alpha value is 0. The third-order valence-corrected chi connectivity index (χ3v) is 4.48. The Morgan fingerprint density at radius 2 is 1.31 bits per heavy atom. The van der Waals surface area contributed by atoms with E-state index in [0.717, 1.165) is 17.8 Å². The summed E-state index contributed by atoms with van der Waals surface area (Å²) in [6.45, 7) is 2.41. The van der Waals surface area contributed by atoms with Gasteiger partial charge >= 0.3 is 0 Å². The fourth-order valence-corrected chi connectivity index (χ4v) is 3.83. The summed E-state index contributed by atoms with van der Waals surface area (Å²) in [5, 5.41) is 0. The van der Waals surface area contributed by atoms with Gasteiger partial charge in [-0.05, 0) is 17.8 Å². The van der Waals surface area contributed by atoms with Crippen LogP contribution in [-0.2, 0) is 0 Å². The molecule has 2 rings (SSSR count). The van der Waals surface area contributed by atoms with Crippen molar-refractivity contribution in [2.24, 2.45) is 17.8 Å². The van der Waals surface area contributed by atoms with E-state index in [0.29, 0.717) is 0 Å². The second-order valence-electron chi connectivity index (χ2n) is 5.16. The van der Waals surface area contributed by atoms with Crippen molar-refractivity contribution in [1.29, 1.82) is 0 Å². The third-order valence-electron chi connectivity index (χ3n) is 4.48. The lowest BCUT2D eigenvalue weighted by atomic mass is 9.66. The lowest BCUT2D eigenvalue weighted by Crippen LogP contribution is -2.29. The minimum atomic E-state index is 1.11. The van der Waals surface area contributed by atoms with Gasteiger partial charge in [0.1, 0.15) is 0 Å². The quantitative estimate of drug-likeness (QED) is 0.561. The highest BCUT2D eigenvalue weighted by Gasteiger charge is 2.32. The molecule has 2 aliphatic rings. The number of fused-ring (bicyclic) bond motifs is 2. The maximum atomic E-state index is 2.41. The van der Waals surface area contributed by atoms with Gasteiger partial charge in [0.25, 0.3) is 0 Å². The lowest BCUT2D eigenvalue weighted by Gasteiger charge is -2.39. The minimum absolute atomic E-state index is 1.11. The predicted molar refractivity (Wildman–Crippen MR) is 57.7 cm³/mol. The van der Waals surface area contributed by atoms with Gasteiger partial charge < -0.3 is 0 Å². The average molecular weight is 180 g/mol. The van der Waals surface area contributed by atoms with Crippen molar-refractivity contribution in [2.75, 3.05) is 0 Å². The van der Waals surface area contributed by atoms with E-state index in [1.165, 1.54) is 32.1 Å². The maximum absolute atomic E-state index is 2.41. The van der Waals surface area contributed by atoms with Crippen molar-refractivity contribution in [3.8, 4) is 0 Å². The topological polar surface area (TPSA) is 0 Å². The Morgan fingerprint density at radius 3 is 1.85 bits per heavy atom. The summed E-state index contributed by atoms with van der Waals surface area (Å²) >= 11 is 0. The normalized spacial score (nSPS) is 40.8. The molecule has 2 unspecified atom stereocenters. The van der Waals surface area contributed by atoms with Crippen LogP contribution >= 0.6 is 0 Å². The van der Waals surface area contributed by atoms with Crippen molar-refractivity contribution in [2.45, 2.75) is 64.7 Å². The number of hydrogen-bond donors (Lipinski definition) is 0. The maximum Gasteiger partial charge on any atom is -0.0360 e. The second kappa shape index (κ2) is 4.48. The summed E-state index contributed by atoms with van der Waals surface area (Å²) in [5.41, 5.74) is 0. The van der Waals surface area contributed by atoms with Crippen LogP contribution in [0, 0.1) is 17.8 Å². The molecule has 0 amide bonds. The van der Waals surface area contributed by atoms with Crippen molar-refractivity contribution < 1.29 is 0 Å². The van der Waals surface area contributed by atoms with Crippen LogP contribution in [0.15, 0.2) is 0 Å². The Labute approximate surface area is 83.1 Å². The molecule has 0 heteroatoms. The van der Waals surface area contributed by atoms with Crippen LogP contribution < -0.4 is 0 Å². The first kappa shape index (κ1) is 9.55. The average Bonchev–Trinajstić information content (AvgIpc) is 2.16. The fraction of sp³-hybridized carbons (Fsp3) is 1.00. The molecule has 0 aliphatic heterocycles. The molecule has 0 aromatic carbocycles. The third kappa shape index (κ3) is 2.08. The SMILES string of the molecule is CCC1C2CCCCCC1CCC2. The van der Waals surface area contributed by atoms with Crippen molar-refractivity contribution >= 4 is 0 Å². The molecule has 2 saturated carbocycles. The van der Waals surface area contributed by atoms with Crippen LogP contribution in [-0.4, -0.2) is 0 Å². The molecule has 0 aromatic heterocycles. The van der Waals surface area contributed by atoms with E-state index >= 15 is 0 Å². The molecule has 0 nitrogen and oxygen atoms in total. The van der Waals surface area contributed by atoms with Crippen LogP contribution in [0.5, 0.6) is 0 Å². The van der Waals surface area contributed by atoms with Gasteiger partial charge in [-0.3, -0.25) is 0 Å². The first-order chi connectivity index (χ1) is 6.42. The minimum Gasteiger partial charge on any atom is -0.0651 e. The zero-order valence-electron chi connectivity index (χ0n) is 9.10. The Kier molecular flexibility index (Phi) is 3.29. The predicted octanol–water partition coefficient (Wildman–Crippen LogP) is 4.39. The van der Waals surface area contributed by atoms with E-state index in [4.69, 9.17) is 0 Å². The molecule has 76 valence electrons. The van der Waals surface area contributed by atoms with Crippen LogP contribution in [0.25, 0.3) is 0 Å². The lowest BCUT2D eigenvalue weighted by molar-refractivity contribution is 0.114. The largest absolute Gasteiger partial charge is 0.0651 e.